The summed E-state index contributed by atoms with van der Waals surface area (Å²) in [6.07, 6.45) is 4.20. The number of amides is 2. The third-order valence-electron chi connectivity index (χ3n) is 7.38. The molecule has 172 valence electrons. The second kappa shape index (κ2) is 8.20. The van der Waals surface area contributed by atoms with Gasteiger partial charge >= 0.3 is 5.97 Å². The summed E-state index contributed by atoms with van der Waals surface area (Å²) >= 11 is 0. The van der Waals surface area contributed by atoms with Crippen molar-refractivity contribution in [3.8, 4) is 0 Å². The van der Waals surface area contributed by atoms with Gasteiger partial charge in [0.25, 0.3) is 0 Å². The molecule has 0 spiro atoms. The summed E-state index contributed by atoms with van der Waals surface area (Å²) in [6, 6.07) is 26.8. The van der Waals surface area contributed by atoms with Crippen LogP contribution in [0.3, 0.4) is 0 Å². The van der Waals surface area contributed by atoms with E-state index >= 15 is 0 Å². The second-order valence-corrected chi connectivity index (χ2v) is 9.10. The number of hydrogen-bond donors (Lipinski definition) is 0. The molecule has 0 unspecified atom stereocenters. The lowest BCUT2D eigenvalue weighted by Crippen LogP contribution is -2.33. The first-order chi connectivity index (χ1) is 17.1. The van der Waals surface area contributed by atoms with Gasteiger partial charge in [-0.15, -0.1) is 0 Å². The molecular formula is C30H23NO4. The van der Waals surface area contributed by atoms with Gasteiger partial charge < -0.3 is 4.74 Å². The maximum atomic E-state index is 13.7. The number of esters is 1. The highest BCUT2D eigenvalue weighted by Gasteiger charge is 2.62. The van der Waals surface area contributed by atoms with Crippen LogP contribution in [0.15, 0.2) is 103 Å². The maximum absolute atomic E-state index is 13.7. The van der Waals surface area contributed by atoms with Crippen LogP contribution in [0.2, 0.25) is 0 Å². The molecule has 1 aliphatic heterocycles. The van der Waals surface area contributed by atoms with Crippen LogP contribution in [-0.2, 0) is 14.3 Å². The number of fused-ring (bicyclic) bond motifs is 5. The SMILES string of the molecule is COC(=O)c1ccc(N2C(=O)[C@@H]3[C@H](C2=O)[C@H]2C=C[C@H]3C2=C(c2ccccc2)c2ccccc2)cc1. The van der Waals surface area contributed by atoms with Gasteiger partial charge in [-0.2, -0.15) is 0 Å². The first-order valence-electron chi connectivity index (χ1n) is 11.7. The van der Waals surface area contributed by atoms with Gasteiger partial charge in [0.2, 0.25) is 11.8 Å². The number of carbonyl (C=O) groups is 3. The standard InChI is InChI=1S/C30H23NO4/c1-35-30(34)20-12-14-21(15-13-20)31-28(32)26-22-16-17-23(27(26)29(31)33)25(22)24(18-8-4-2-5-9-18)19-10-6-3-7-11-19/h2-17,22-23,26-27H,1H3/t22-,23-,26-,27+/m0/s1. The van der Waals surface area contributed by atoms with Gasteiger partial charge in [0.1, 0.15) is 0 Å². The number of hydrogen-bond acceptors (Lipinski definition) is 4. The molecule has 0 radical (unpaired) electrons. The van der Waals surface area contributed by atoms with Crippen molar-refractivity contribution in [3.63, 3.8) is 0 Å². The molecule has 5 nitrogen and oxygen atoms in total. The van der Waals surface area contributed by atoms with Gasteiger partial charge in [-0.3, -0.25) is 9.59 Å². The topological polar surface area (TPSA) is 63.7 Å². The molecule has 4 atom stereocenters. The van der Waals surface area contributed by atoms with E-state index in [0.717, 1.165) is 22.3 Å². The molecule has 1 heterocycles. The van der Waals surface area contributed by atoms with Crippen molar-refractivity contribution in [2.45, 2.75) is 0 Å². The fraction of sp³-hybridized carbons (Fsp3) is 0.167. The Labute approximate surface area is 203 Å². The van der Waals surface area contributed by atoms with Crippen LogP contribution in [0.1, 0.15) is 21.5 Å². The average Bonchev–Trinajstić information content (AvgIpc) is 3.54. The Bertz CT molecular complexity index is 1310. The minimum Gasteiger partial charge on any atom is -0.465 e. The molecule has 0 N–H and O–H groups in total. The van der Waals surface area contributed by atoms with Crippen molar-refractivity contribution < 1.29 is 19.1 Å². The lowest BCUT2D eigenvalue weighted by molar-refractivity contribution is -0.122. The number of methoxy groups -OCH3 is 1. The lowest BCUT2D eigenvalue weighted by atomic mass is 9.85. The molecule has 1 saturated carbocycles. The molecule has 1 saturated heterocycles. The van der Waals surface area contributed by atoms with E-state index in [1.54, 1.807) is 24.3 Å². The molecule has 0 aromatic heterocycles. The van der Waals surface area contributed by atoms with Gasteiger partial charge in [-0.1, -0.05) is 72.8 Å². The molecule has 2 fully saturated rings. The van der Waals surface area contributed by atoms with E-state index in [0.29, 0.717) is 11.3 Å². The Hall–Kier alpha value is -4.25. The molecule has 3 aromatic carbocycles. The van der Waals surface area contributed by atoms with E-state index in [9.17, 15) is 14.4 Å². The maximum Gasteiger partial charge on any atom is 0.337 e. The summed E-state index contributed by atoms with van der Waals surface area (Å²) < 4.78 is 4.75. The largest absolute Gasteiger partial charge is 0.465 e. The minimum absolute atomic E-state index is 0.129. The normalized spacial score (nSPS) is 24.1. The van der Waals surface area contributed by atoms with Crippen LogP contribution in [-0.4, -0.2) is 24.9 Å². The highest BCUT2D eigenvalue weighted by atomic mass is 16.5. The van der Waals surface area contributed by atoms with Crippen molar-refractivity contribution in [1.82, 2.24) is 0 Å². The lowest BCUT2D eigenvalue weighted by Gasteiger charge is -2.21. The van der Waals surface area contributed by atoms with E-state index in [4.69, 9.17) is 4.74 Å². The molecule has 5 heteroatoms. The number of anilines is 1. The molecule has 2 bridgehead atoms. The molecule has 3 aromatic rings. The Morgan fingerprint density at radius 1 is 0.686 bits per heavy atom. The average molecular weight is 462 g/mol. The summed E-state index contributed by atoms with van der Waals surface area (Å²) in [7, 11) is 1.32. The highest BCUT2D eigenvalue weighted by Crippen LogP contribution is 2.58. The van der Waals surface area contributed by atoms with E-state index < -0.39 is 17.8 Å². The van der Waals surface area contributed by atoms with E-state index in [1.165, 1.54) is 12.0 Å². The zero-order valence-electron chi connectivity index (χ0n) is 19.1. The van der Waals surface area contributed by atoms with E-state index in [1.807, 2.05) is 36.4 Å². The summed E-state index contributed by atoms with van der Waals surface area (Å²) in [5.41, 5.74) is 5.29. The molecule has 2 aliphatic carbocycles. The van der Waals surface area contributed by atoms with Crippen LogP contribution in [0.25, 0.3) is 5.57 Å². The monoisotopic (exact) mass is 461 g/mol. The van der Waals surface area contributed by atoms with Gasteiger partial charge in [0.05, 0.1) is 30.2 Å². The molecule has 35 heavy (non-hydrogen) atoms. The number of imide groups is 1. The van der Waals surface area contributed by atoms with Crippen LogP contribution >= 0.6 is 0 Å². The first kappa shape index (κ1) is 21.3. The van der Waals surface area contributed by atoms with Crippen molar-refractivity contribution in [2.24, 2.45) is 23.7 Å². The fourth-order valence-corrected chi connectivity index (χ4v) is 5.93. The first-order valence-corrected chi connectivity index (χ1v) is 11.7. The second-order valence-electron chi connectivity index (χ2n) is 9.10. The van der Waals surface area contributed by atoms with Crippen LogP contribution in [0.4, 0.5) is 5.69 Å². The molecule has 6 rings (SSSR count). The molecular weight excluding hydrogens is 438 g/mol. The van der Waals surface area contributed by atoms with Crippen molar-refractivity contribution >= 4 is 29.0 Å². The van der Waals surface area contributed by atoms with Crippen LogP contribution < -0.4 is 4.90 Å². The summed E-state index contributed by atoms with van der Waals surface area (Å²) in [6.45, 7) is 0. The highest BCUT2D eigenvalue weighted by molar-refractivity contribution is 6.23. The van der Waals surface area contributed by atoms with Crippen molar-refractivity contribution in [1.29, 1.82) is 0 Å². The zero-order chi connectivity index (χ0) is 24.1. The molecule has 2 amide bonds. The Balaban J connectivity index is 1.42. The number of nitrogens with zero attached hydrogens (tertiary/aromatic N) is 1. The van der Waals surface area contributed by atoms with E-state index in [-0.39, 0.29) is 23.7 Å². The van der Waals surface area contributed by atoms with E-state index in [2.05, 4.69) is 36.4 Å². The Kier molecular flexibility index (Phi) is 4.99. The Morgan fingerprint density at radius 2 is 1.17 bits per heavy atom. The van der Waals surface area contributed by atoms with Crippen molar-refractivity contribution in [3.05, 3.63) is 119 Å². The third kappa shape index (κ3) is 3.19. The van der Waals surface area contributed by atoms with Gasteiger partial charge in [0, 0.05) is 11.8 Å². The van der Waals surface area contributed by atoms with Crippen LogP contribution in [0.5, 0.6) is 0 Å². The predicted molar refractivity (Wildman–Crippen MR) is 132 cm³/mol. The molecule has 3 aliphatic rings. The number of rotatable bonds is 4. The van der Waals surface area contributed by atoms with Crippen LogP contribution in [0, 0.1) is 23.7 Å². The predicted octanol–water partition coefficient (Wildman–Crippen LogP) is 4.90. The third-order valence-corrected chi connectivity index (χ3v) is 7.38. The minimum atomic E-state index is -0.459. The summed E-state index contributed by atoms with van der Waals surface area (Å²) in [5, 5.41) is 0. The summed E-state index contributed by atoms with van der Waals surface area (Å²) in [5.74, 6) is -1.92. The van der Waals surface area contributed by atoms with Gasteiger partial charge in [0.15, 0.2) is 0 Å². The zero-order valence-corrected chi connectivity index (χ0v) is 19.1. The Morgan fingerprint density at radius 3 is 1.63 bits per heavy atom. The number of ether oxygens (including phenoxy) is 1. The number of benzene rings is 3. The van der Waals surface area contributed by atoms with Gasteiger partial charge in [-0.25, -0.2) is 9.69 Å². The fourth-order valence-electron chi connectivity index (χ4n) is 5.93. The quantitative estimate of drug-likeness (QED) is 0.315. The van der Waals surface area contributed by atoms with Crippen molar-refractivity contribution in [2.75, 3.05) is 12.0 Å². The smallest absolute Gasteiger partial charge is 0.337 e. The summed E-state index contributed by atoms with van der Waals surface area (Å²) in [4.78, 5) is 40.4. The van der Waals surface area contributed by atoms with Gasteiger partial charge in [-0.05, 0) is 46.5 Å². The number of carbonyl (C=O) groups excluding carboxylic acids is 3. The number of allylic oxidation sites excluding steroid dienone is 3.